The molecule has 90 heavy (non-hydrogen) atoms. The van der Waals surface area contributed by atoms with Crippen LogP contribution in [0.2, 0.25) is 0 Å². The van der Waals surface area contributed by atoms with Crippen molar-refractivity contribution < 1.29 is 0 Å². The van der Waals surface area contributed by atoms with Gasteiger partial charge in [-0.05, 0) is 142 Å². The Morgan fingerprint density at radius 1 is 0.200 bits per heavy atom. The topological polar surface area (TPSA) is 45.5 Å². The van der Waals surface area contributed by atoms with Crippen LogP contribution < -0.4 is 0 Å². The van der Waals surface area contributed by atoms with Gasteiger partial charge in [-0.15, -0.1) is 0 Å². The molecule has 19 aromatic rings. The first-order valence-electron chi connectivity index (χ1n) is 30.8. The van der Waals surface area contributed by atoms with Gasteiger partial charge in [-0.3, -0.25) is 0 Å². The largest absolute Gasteiger partial charge is 0.309 e. The summed E-state index contributed by atoms with van der Waals surface area (Å²) in [5.41, 5.74) is 21.8. The van der Waals surface area contributed by atoms with Crippen LogP contribution in [0.25, 0.3) is 177 Å². The minimum atomic E-state index is 0.677. The molecule has 0 saturated heterocycles. The maximum Gasteiger partial charge on any atom is 0.160 e. The fourth-order valence-electron chi connectivity index (χ4n) is 14.7. The van der Waals surface area contributed by atoms with Crippen LogP contribution in [0.15, 0.2) is 315 Å². The molecule has 0 aliphatic carbocycles. The summed E-state index contributed by atoms with van der Waals surface area (Å²) in [6, 6.07) is 115. The first-order valence-corrected chi connectivity index (χ1v) is 30.8. The van der Waals surface area contributed by atoms with Gasteiger partial charge in [0, 0.05) is 82.4 Å². The zero-order valence-electron chi connectivity index (χ0n) is 48.7. The lowest BCUT2D eigenvalue weighted by molar-refractivity contribution is 1.13. The minimum Gasteiger partial charge on any atom is -0.309 e. The van der Waals surface area contributed by atoms with Gasteiger partial charge in [0.25, 0.3) is 0 Å². The predicted octanol–water partition coefficient (Wildman–Crippen LogP) is 21.8. The second kappa shape index (κ2) is 19.7. The zero-order chi connectivity index (χ0) is 59.0. The average molecular weight is 1150 g/mol. The van der Waals surface area contributed by atoms with Gasteiger partial charge in [-0.25, -0.2) is 9.97 Å². The first-order chi connectivity index (χ1) is 44.6. The molecule has 14 aromatic carbocycles. The summed E-state index contributed by atoms with van der Waals surface area (Å²) >= 11 is 0. The highest BCUT2D eigenvalue weighted by molar-refractivity contribution is 6.16. The summed E-state index contributed by atoms with van der Waals surface area (Å²) in [5, 5.41) is 12.9. The van der Waals surface area contributed by atoms with Crippen molar-refractivity contribution in [3.63, 3.8) is 0 Å². The second-order valence-corrected chi connectivity index (χ2v) is 23.7. The second-order valence-electron chi connectivity index (χ2n) is 23.7. The summed E-state index contributed by atoms with van der Waals surface area (Å²) in [6.07, 6.45) is 0. The maximum atomic E-state index is 5.70. The molecule has 0 fully saturated rings. The molecule has 19 rings (SSSR count). The quantitative estimate of drug-likeness (QED) is 0.142. The predicted molar refractivity (Wildman–Crippen MR) is 376 cm³/mol. The number of hydrogen-bond donors (Lipinski definition) is 0. The van der Waals surface area contributed by atoms with Crippen LogP contribution in [0.4, 0.5) is 0 Å². The van der Waals surface area contributed by atoms with Gasteiger partial charge >= 0.3 is 0 Å². The van der Waals surface area contributed by atoms with Crippen molar-refractivity contribution in [2.24, 2.45) is 0 Å². The van der Waals surface area contributed by atoms with E-state index >= 15 is 0 Å². The molecule has 418 valence electrons. The van der Waals surface area contributed by atoms with Gasteiger partial charge in [0.05, 0.1) is 55.3 Å². The molecule has 0 aliphatic heterocycles. The number of para-hydroxylation sites is 6. The van der Waals surface area contributed by atoms with Gasteiger partial charge in [-0.1, -0.05) is 206 Å². The molecule has 0 bridgehead atoms. The van der Waals surface area contributed by atoms with Gasteiger partial charge in [0.1, 0.15) is 0 Å². The maximum absolute atomic E-state index is 5.70. The Labute approximate surface area is 517 Å². The highest BCUT2D eigenvalue weighted by Gasteiger charge is 2.23. The molecule has 0 spiro atoms. The molecule has 0 aliphatic rings. The Bertz CT molecular complexity index is 5850. The number of rotatable bonds is 8. The summed E-state index contributed by atoms with van der Waals surface area (Å²) in [6.45, 7) is 0. The highest BCUT2D eigenvalue weighted by Crippen LogP contribution is 2.44. The third kappa shape index (κ3) is 7.65. The van der Waals surface area contributed by atoms with E-state index in [1.807, 2.05) is 0 Å². The lowest BCUT2D eigenvalue weighted by Crippen LogP contribution is -2.02. The van der Waals surface area contributed by atoms with Crippen molar-refractivity contribution in [3.05, 3.63) is 315 Å². The molecule has 6 nitrogen and oxygen atoms in total. The molecule has 0 N–H and O–H groups in total. The van der Waals surface area contributed by atoms with E-state index in [9.17, 15) is 0 Å². The zero-order valence-corrected chi connectivity index (χ0v) is 48.7. The molecule has 0 radical (unpaired) electrons. The Balaban J connectivity index is 0.874. The van der Waals surface area contributed by atoms with Crippen molar-refractivity contribution >= 4 is 109 Å². The van der Waals surface area contributed by atoms with E-state index in [4.69, 9.17) is 9.97 Å². The molecular formula is C84H52N6. The smallest absolute Gasteiger partial charge is 0.160 e. The lowest BCUT2D eigenvalue weighted by Gasteiger charge is -2.18. The molecule has 0 unspecified atom stereocenters. The normalized spacial score (nSPS) is 12.0. The van der Waals surface area contributed by atoms with Crippen LogP contribution in [-0.4, -0.2) is 28.2 Å². The van der Waals surface area contributed by atoms with Crippen LogP contribution in [0.1, 0.15) is 0 Å². The van der Waals surface area contributed by atoms with Gasteiger partial charge in [0.2, 0.25) is 0 Å². The number of benzene rings is 14. The Morgan fingerprint density at radius 3 is 1.08 bits per heavy atom. The van der Waals surface area contributed by atoms with E-state index in [0.717, 1.165) is 106 Å². The molecule has 5 aromatic heterocycles. The number of fused-ring (bicyclic) bond motifs is 15. The monoisotopic (exact) mass is 1140 g/mol. The Kier molecular flexibility index (Phi) is 11.0. The van der Waals surface area contributed by atoms with Crippen LogP contribution >= 0.6 is 0 Å². The van der Waals surface area contributed by atoms with E-state index < -0.39 is 0 Å². The van der Waals surface area contributed by atoms with Crippen molar-refractivity contribution in [1.82, 2.24) is 28.2 Å². The van der Waals surface area contributed by atoms with Gasteiger partial charge in [0.15, 0.2) is 5.82 Å². The van der Waals surface area contributed by atoms with E-state index in [2.05, 4.69) is 334 Å². The molecule has 0 amide bonds. The van der Waals surface area contributed by atoms with E-state index in [0.29, 0.717) is 5.82 Å². The standard InChI is InChI=1S/C84H52N6/c1-4-21-54(22-5-1)84-85-73-43-38-53-20-10-11-27-64(53)82(73)83(86-84)59-46-62(89-74-32-16-12-28-65(74)69-41-36-57(50-80(69)89)55-39-44-78-71(48-55)67-30-14-18-34-76(67)87(78)60-23-6-2-7-24-60)52-63(47-59)90-75-33-17-13-29-66(75)70-42-37-58(51-81(70)90)56-40-45-79-72(49-56)68-31-15-19-35-77(68)88(79)61-25-8-3-9-26-61/h1-52H. The van der Waals surface area contributed by atoms with Crippen LogP contribution in [-0.2, 0) is 0 Å². The number of aromatic nitrogens is 6. The fraction of sp³-hybridized carbons (Fsp3) is 0. The molecule has 0 saturated carbocycles. The van der Waals surface area contributed by atoms with Crippen molar-refractivity contribution in [1.29, 1.82) is 0 Å². The number of nitrogens with zero attached hydrogens (tertiary/aromatic N) is 6. The number of hydrogen-bond acceptors (Lipinski definition) is 2. The van der Waals surface area contributed by atoms with Crippen LogP contribution in [0.3, 0.4) is 0 Å². The Hall–Kier alpha value is -12.1. The SMILES string of the molecule is c1ccc(-c2nc(-c3cc(-n4c5ccccc5c5ccc(-c6ccc7c(c6)c6ccccc6n7-c6ccccc6)cc54)cc(-n4c5ccccc5c5ccc(-c6ccc7c(c6)c6ccccc6n7-c6ccccc6)cc54)c3)c3c(ccc4ccccc43)n2)cc1. The van der Waals surface area contributed by atoms with Crippen molar-refractivity contribution in [2.45, 2.75) is 0 Å². The Morgan fingerprint density at radius 2 is 0.578 bits per heavy atom. The summed E-state index contributed by atoms with van der Waals surface area (Å²) < 4.78 is 9.74. The summed E-state index contributed by atoms with van der Waals surface area (Å²) in [5.74, 6) is 0.677. The van der Waals surface area contributed by atoms with Gasteiger partial charge in [-0.2, -0.15) is 0 Å². The molecule has 0 atom stereocenters. The van der Waals surface area contributed by atoms with Gasteiger partial charge < -0.3 is 18.3 Å². The average Bonchev–Trinajstić information content (AvgIpc) is 1.58. The van der Waals surface area contributed by atoms with E-state index in [-0.39, 0.29) is 0 Å². The van der Waals surface area contributed by atoms with Crippen molar-refractivity contribution in [2.75, 3.05) is 0 Å². The molecule has 6 heteroatoms. The van der Waals surface area contributed by atoms with E-state index in [1.54, 1.807) is 0 Å². The lowest BCUT2D eigenvalue weighted by atomic mass is 9.98. The van der Waals surface area contributed by atoms with Crippen molar-refractivity contribution in [3.8, 4) is 67.6 Å². The van der Waals surface area contributed by atoms with E-state index in [1.165, 1.54) is 65.2 Å². The minimum absolute atomic E-state index is 0.677. The molecular weight excluding hydrogens is 1090 g/mol. The highest BCUT2D eigenvalue weighted by atomic mass is 15.0. The third-order valence-corrected chi connectivity index (χ3v) is 18.7. The summed E-state index contributed by atoms with van der Waals surface area (Å²) in [7, 11) is 0. The fourth-order valence-corrected chi connectivity index (χ4v) is 14.7. The first kappa shape index (κ1) is 50.1. The van der Waals surface area contributed by atoms with Crippen LogP contribution in [0.5, 0.6) is 0 Å². The molecule has 5 heterocycles. The van der Waals surface area contributed by atoms with Crippen LogP contribution in [0, 0.1) is 0 Å². The third-order valence-electron chi connectivity index (χ3n) is 18.7. The summed E-state index contributed by atoms with van der Waals surface area (Å²) in [4.78, 5) is 11.0.